The summed E-state index contributed by atoms with van der Waals surface area (Å²) >= 11 is 11.9. The summed E-state index contributed by atoms with van der Waals surface area (Å²) in [4.78, 5) is 11.8. The predicted octanol–water partition coefficient (Wildman–Crippen LogP) is 4.69. The molecule has 1 aliphatic heterocycles. The maximum absolute atomic E-state index is 12.7. The van der Waals surface area contributed by atoms with Crippen LogP contribution in [0.25, 0.3) is 0 Å². The molecule has 0 radical (unpaired) electrons. The molecule has 1 unspecified atom stereocenters. The molecule has 0 spiro atoms. The second-order valence-corrected chi connectivity index (χ2v) is 7.30. The van der Waals surface area contributed by atoms with Gasteiger partial charge < -0.3 is 15.1 Å². The number of hydrogen-bond acceptors (Lipinski definition) is 5. The zero-order chi connectivity index (χ0) is 19.8. The number of nitrogens with one attached hydrogen (secondary N) is 1. The fraction of sp³-hybridized carbons (Fsp3) is 0.412. The lowest BCUT2D eigenvalue weighted by Gasteiger charge is -2.22. The summed E-state index contributed by atoms with van der Waals surface area (Å²) in [6.45, 7) is 1.84. The molecular formula is C17H18Cl2F3N5. The number of halogens is 5. The van der Waals surface area contributed by atoms with E-state index in [1.165, 1.54) is 0 Å². The van der Waals surface area contributed by atoms with E-state index in [1.807, 2.05) is 12.1 Å². The van der Waals surface area contributed by atoms with E-state index >= 15 is 0 Å². The van der Waals surface area contributed by atoms with Gasteiger partial charge in [-0.15, -0.1) is 0 Å². The van der Waals surface area contributed by atoms with Crippen molar-refractivity contribution < 1.29 is 13.2 Å². The van der Waals surface area contributed by atoms with Crippen LogP contribution in [0.1, 0.15) is 12.0 Å². The third-order valence-corrected chi connectivity index (χ3v) is 5.11. The Morgan fingerprint density at radius 2 is 2.00 bits per heavy atom. The topological polar surface area (TPSA) is 44.3 Å². The number of likely N-dealkylation sites (N-methyl/N-ethyl adjacent to an activating group) is 1. The van der Waals surface area contributed by atoms with Gasteiger partial charge in [-0.25, -0.2) is 9.97 Å². The van der Waals surface area contributed by atoms with Crippen molar-refractivity contribution in [3.8, 4) is 0 Å². The van der Waals surface area contributed by atoms with Crippen molar-refractivity contribution in [2.75, 3.05) is 37.4 Å². The Kier molecular flexibility index (Phi) is 5.69. The number of alkyl halides is 3. The van der Waals surface area contributed by atoms with Gasteiger partial charge in [-0.3, -0.25) is 0 Å². The number of anilines is 3. The summed E-state index contributed by atoms with van der Waals surface area (Å²) in [6, 6.07) is 5.95. The maximum atomic E-state index is 12.7. The standard InChI is InChI=1S/C17H18Cl2F3N5/c1-26(2)11-5-6-27(9-11)10-3-4-14(13(18)7-10)24-16-23-8-12(15(19)25-16)17(20,21)22/h3-4,7-8,11H,5-6,9H2,1-2H3,(H,23,24,25). The number of aromatic nitrogens is 2. The summed E-state index contributed by atoms with van der Waals surface area (Å²) in [5.74, 6) is -0.0588. The smallest absolute Gasteiger partial charge is 0.370 e. The third kappa shape index (κ3) is 4.56. The lowest BCUT2D eigenvalue weighted by molar-refractivity contribution is -0.137. The second kappa shape index (κ2) is 7.69. The zero-order valence-electron chi connectivity index (χ0n) is 14.7. The van der Waals surface area contributed by atoms with E-state index in [1.54, 1.807) is 6.07 Å². The second-order valence-electron chi connectivity index (χ2n) is 6.54. The summed E-state index contributed by atoms with van der Waals surface area (Å²) in [7, 11) is 4.12. The number of hydrogen-bond donors (Lipinski definition) is 1. The normalized spacial score (nSPS) is 17.6. The van der Waals surface area contributed by atoms with Crippen LogP contribution in [-0.2, 0) is 6.18 Å². The van der Waals surface area contributed by atoms with Gasteiger partial charge in [0, 0.05) is 31.0 Å². The average Bonchev–Trinajstić information content (AvgIpc) is 3.06. The van der Waals surface area contributed by atoms with Crippen LogP contribution in [0.4, 0.5) is 30.5 Å². The van der Waals surface area contributed by atoms with Crippen LogP contribution in [-0.4, -0.2) is 48.1 Å². The minimum atomic E-state index is -4.60. The SMILES string of the molecule is CN(C)C1CCN(c2ccc(Nc3ncc(C(F)(F)F)c(Cl)n3)c(Cl)c2)C1. The van der Waals surface area contributed by atoms with Crippen LogP contribution >= 0.6 is 23.2 Å². The Hall–Kier alpha value is -1.77. The van der Waals surface area contributed by atoms with Crippen molar-refractivity contribution in [2.45, 2.75) is 18.6 Å². The van der Waals surface area contributed by atoms with Crippen molar-refractivity contribution in [2.24, 2.45) is 0 Å². The van der Waals surface area contributed by atoms with Crippen LogP contribution in [0.2, 0.25) is 10.2 Å². The number of rotatable bonds is 4. The van der Waals surface area contributed by atoms with E-state index in [9.17, 15) is 13.2 Å². The molecule has 0 bridgehead atoms. The maximum Gasteiger partial charge on any atom is 0.420 e. The van der Waals surface area contributed by atoms with Crippen molar-refractivity contribution >= 4 is 40.5 Å². The van der Waals surface area contributed by atoms with Crippen LogP contribution in [0, 0.1) is 0 Å². The summed E-state index contributed by atoms with van der Waals surface area (Å²) in [5, 5.41) is 2.55. The van der Waals surface area contributed by atoms with E-state index in [-0.39, 0.29) is 5.95 Å². The van der Waals surface area contributed by atoms with Gasteiger partial charge in [-0.2, -0.15) is 13.2 Å². The van der Waals surface area contributed by atoms with Gasteiger partial charge in [0.25, 0.3) is 0 Å². The molecule has 2 heterocycles. The Bertz CT molecular complexity index is 829. The monoisotopic (exact) mass is 419 g/mol. The highest BCUT2D eigenvalue weighted by Crippen LogP contribution is 2.35. The van der Waals surface area contributed by atoms with Gasteiger partial charge in [0.1, 0.15) is 10.7 Å². The van der Waals surface area contributed by atoms with Gasteiger partial charge in [-0.1, -0.05) is 23.2 Å². The minimum Gasteiger partial charge on any atom is -0.370 e. The zero-order valence-corrected chi connectivity index (χ0v) is 16.2. The molecular weight excluding hydrogens is 402 g/mol. The molecule has 1 aliphatic rings. The van der Waals surface area contributed by atoms with Gasteiger partial charge in [0.2, 0.25) is 5.95 Å². The molecule has 3 rings (SSSR count). The lowest BCUT2D eigenvalue weighted by atomic mass is 10.2. The first-order valence-electron chi connectivity index (χ1n) is 8.23. The molecule has 1 aromatic carbocycles. The van der Waals surface area contributed by atoms with Crippen molar-refractivity contribution in [3.05, 3.63) is 40.1 Å². The molecule has 0 saturated carbocycles. The Morgan fingerprint density at radius 3 is 2.56 bits per heavy atom. The van der Waals surface area contributed by atoms with E-state index in [4.69, 9.17) is 23.2 Å². The molecule has 27 heavy (non-hydrogen) atoms. The average molecular weight is 420 g/mol. The van der Waals surface area contributed by atoms with Crippen LogP contribution in [0.15, 0.2) is 24.4 Å². The van der Waals surface area contributed by atoms with Gasteiger partial charge in [0.15, 0.2) is 0 Å². The number of nitrogens with zero attached hydrogens (tertiary/aromatic N) is 4. The van der Waals surface area contributed by atoms with Gasteiger partial charge in [0.05, 0.1) is 10.7 Å². The van der Waals surface area contributed by atoms with Crippen LogP contribution in [0.3, 0.4) is 0 Å². The summed E-state index contributed by atoms with van der Waals surface area (Å²) in [6.07, 6.45) is -2.89. The van der Waals surface area contributed by atoms with E-state index in [0.29, 0.717) is 22.9 Å². The molecule has 1 N–H and O–H groups in total. The third-order valence-electron chi connectivity index (χ3n) is 4.51. The van der Waals surface area contributed by atoms with Crippen molar-refractivity contribution in [3.63, 3.8) is 0 Å². The first-order valence-corrected chi connectivity index (χ1v) is 8.98. The van der Waals surface area contributed by atoms with E-state index < -0.39 is 16.9 Å². The first-order chi connectivity index (χ1) is 12.6. The van der Waals surface area contributed by atoms with Crippen molar-refractivity contribution in [1.29, 1.82) is 0 Å². The fourth-order valence-electron chi connectivity index (χ4n) is 2.93. The Balaban J connectivity index is 1.74. The summed E-state index contributed by atoms with van der Waals surface area (Å²) in [5.41, 5.74) is 0.390. The van der Waals surface area contributed by atoms with Crippen LogP contribution < -0.4 is 10.2 Å². The Morgan fingerprint density at radius 1 is 1.26 bits per heavy atom. The first kappa shape index (κ1) is 20.0. The molecule has 1 fully saturated rings. The molecule has 1 aromatic heterocycles. The highest BCUT2D eigenvalue weighted by Gasteiger charge is 2.34. The lowest BCUT2D eigenvalue weighted by Crippen LogP contribution is -2.31. The minimum absolute atomic E-state index is 0.0588. The summed E-state index contributed by atoms with van der Waals surface area (Å²) < 4.78 is 38.2. The Labute approximate surface area is 165 Å². The predicted molar refractivity (Wildman–Crippen MR) is 101 cm³/mol. The largest absolute Gasteiger partial charge is 0.420 e. The highest BCUT2D eigenvalue weighted by atomic mass is 35.5. The molecule has 146 valence electrons. The quantitative estimate of drug-likeness (QED) is 0.728. The number of benzene rings is 1. The van der Waals surface area contributed by atoms with Crippen molar-refractivity contribution in [1.82, 2.24) is 14.9 Å². The van der Waals surface area contributed by atoms with Gasteiger partial charge in [-0.05, 0) is 38.7 Å². The molecule has 5 nitrogen and oxygen atoms in total. The molecule has 10 heteroatoms. The molecule has 1 atom stereocenters. The van der Waals surface area contributed by atoms with E-state index in [0.717, 1.165) is 25.2 Å². The molecule has 0 aliphatic carbocycles. The highest BCUT2D eigenvalue weighted by molar-refractivity contribution is 6.33. The van der Waals surface area contributed by atoms with E-state index in [2.05, 4.69) is 39.2 Å². The molecule has 1 saturated heterocycles. The molecule has 0 amide bonds. The van der Waals surface area contributed by atoms with Crippen LogP contribution in [0.5, 0.6) is 0 Å². The molecule has 2 aromatic rings. The van der Waals surface area contributed by atoms with Gasteiger partial charge >= 0.3 is 6.18 Å². The fourth-order valence-corrected chi connectivity index (χ4v) is 3.39.